The van der Waals surface area contributed by atoms with Gasteiger partial charge in [0.2, 0.25) is 5.91 Å². The van der Waals surface area contributed by atoms with Crippen molar-refractivity contribution < 1.29 is 18.3 Å². The predicted molar refractivity (Wildman–Crippen MR) is 144 cm³/mol. The first-order valence-corrected chi connectivity index (χ1v) is 14.0. The fourth-order valence-corrected chi connectivity index (χ4v) is 6.36. The fraction of sp³-hybridized carbons (Fsp3) is 0.484. The second-order valence-electron chi connectivity index (χ2n) is 10.7. The van der Waals surface area contributed by atoms with Crippen LogP contribution < -0.4 is 5.32 Å². The monoisotopic (exact) mass is 521 g/mol. The Morgan fingerprint density at radius 3 is 2.34 bits per heavy atom. The fourth-order valence-electron chi connectivity index (χ4n) is 6.36. The number of benzene rings is 2. The van der Waals surface area contributed by atoms with Crippen molar-refractivity contribution in [2.75, 3.05) is 7.11 Å². The molecule has 0 bridgehead atoms. The van der Waals surface area contributed by atoms with E-state index in [0.717, 1.165) is 69.4 Å². The Kier molecular flexibility index (Phi) is 8.52. The molecule has 3 aromatic rings. The van der Waals surface area contributed by atoms with Gasteiger partial charge in [-0.2, -0.15) is 0 Å². The number of hydrogen-bond acceptors (Lipinski definition) is 3. The zero-order valence-corrected chi connectivity index (χ0v) is 22.0. The lowest BCUT2D eigenvalue weighted by Gasteiger charge is -2.33. The van der Waals surface area contributed by atoms with Crippen LogP contribution in [0.1, 0.15) is 87.5 Å². The summed E-state index contributed by atoms with van der Waals surface area (Å²) in [4.78, 5) is 18.4. The summed E-state index contributed by atoms with van der Waals surface area (Å²) >= 11 is 0. The normalized spacial score (nSPS) is 18.7. The lowest BCUT2D eigenvalue weighted by atomic mass is 9.82. The Morgan fingerprint density at radius 2 is 1.66 bits per heavy atom. The van der Waals surface area contributed by atoms with Crippen molar-refractivity contribution in [1.82, 2.24) is 14.9 Å². The molecule has 2 aromatic carbocycles. The molecule has 5 rings (SSSR count). The molecule has 1 unspecified atom stereocenters. The highest BCUT2D eigenvalue weighted by molar-refractivity contribution is 5.82. The highest BCUT2D eigenvalue weighted by Gasteiger charge is 2.35. The van der Waals surface area contributed by atoms with E-state index in [9.17, 15) is 9.18 Å². The smallest absolute Gasteiger partial charge is 0.243 e. The summed E-state index contributed by atoms with van der Waals surface area (Å²) in [5.74, 6) is -1.63. The number of aromatic nitrogens is 2. The van der Waals surface area contributed by atoms with E-state index in [1.807, 2.05) is 30.3 Å². The summed E-state index contributed by atoms with van der Waals surface area (Å²) < 4.78 is 38.1. The Labute approximate surface area is 223 Å². The van der Waals surface area contributed by atoms with Gasteiger partial charge in [-0.3, -0.25) is 4.79 Å². The van der Waals surface area contributed by atoms with E-state index in [0.29, 0.717) is 5.56 Å². The number of hydrogen-bond donors (Lipinski definition) is 1. The number of carbonyl (C=O) groups excluding carboxylic acids is 1. The van der Waals surface area contributed by atoms with Gasteiger partial charge in [0.25, 0.3) is 0 Å². The van der Waals surface area contributed by atoms with E-state index in [-0.39, 0.29) is 29.3 Å². The van der Waals surface area contributed by atoms with Gasteiger partial charge in [-0.1, -0.05) is 74.9 Å². The molecule has 38 heavy (non-hydrogen) atoms. The van der Waals surface area contributed by atoms with Crippen LogP contribution >= 0.6 is 0 Å². The van der Waals surface area contributed by atoms with E-state index in [4.69, 9.17) is 4.74 Å². The largest absolute Gasteiger partial charge is 0.372 e. The third kappa shape index (κ3) is 5.53. The molecular weight excluding hydrogens is 484 g/mol. The maximum absolute atomic E-state index is 15.7. The van der Waals surface area contributed by atoms with E-state index in [2.05, 4.69) is 10.3 Å². The van der Waals surface area contributed by atoms with Crippen molar-refractivity contribution >= 4 is 5.91 Å². The van der Waals surface area contributed by atoms with Gasteiger partial charge in [0, 0.05) is 25.5 Å². The van der Waals surface area contributed by atoms with Crippen LogP contribution in [0.4, 0.5) is 8.78 Å². The van der Waals surface area contributed by atoms with Crippen molar-refractivity contribution in [2.45, 2.75) is 82.4 Å². The van der Waals surface area contributed by atoms with Crippen LogP contribution in [0, 0.1) is 17.6 Å². The molecule has 7 heteroatoms. The van der Waals surface area contributed by atoms with Gasteiger partial charge in [0.15, 0.2) is 11.6 Å². The first-order chi connectivity index (χ1) is 18.6. The number of carbonyl (C=O) groups is 1. The summed E-state index contributed by atoms with van der Waals surface area (Å²) in [5.41, 5.74) is 1.33. The molecule has 1 N–H and O–H groups in total. The number of rotatable bonds is 8. The Morgan fingerprint density at radius 1 is 0.974 bits per heavy atom. The molecule has 2 saturated carbocycles. The standard InChI is InChI=1S/C31H37F2N3O2/c1-38-29(22-13-7-3-8-14-22)24-17-18-25(32)27(33)26(24)30-34-19-20-36(30)28(21-11-5-2-6-12-21)31(37)35-23-15-9-4-10-16-23/h3,7-8,13-14,17-21,23,28-29H,2,4-6,9-12,15-16H2,1H3,(H,35,37)/t28-,29?/m1/s1. The predicted octanol–water partition coefficient (Wildman–Crippen LogP) is 7.13. The highest BCUT2D eigenvalue weighted by atomic mass is 19.2. The van der Waals surface area contributed by atoms with Gasteiger partial charge >= 0.3 is 0 Å². The van der Waals surface area contributed by atoms with Gasteiger partial charge in [-0.25, -0.2) is 13.8 Å². The molecular formula is C31H37F2N3O2. The average Bonchev–Trinajstić information content (AvgIpc) is 3.42. The molecule has 5 nitrogen and oxygen atoms in total. The quantitative estimate of drug-likeness (QED) is 0.343. The van der Waals surface area contributed by atoms with E-state index >= 15 is 4.39 Å². The first kappa shape index (κ1) is 26.5. The molecule has 2 fully saturated rings. The second-order valence-corrected chi connectivity index (χ2v) is 10.7. The third-order valence-corrected chi connectivity index (χ3v) is 8.26. The van der Waals surface area contributed by atoms with Gasteiger partial charge in [0.1, 0.15) is 18.0 Å². The minimum Gasteiger partial charge on any atom is -0.372 e. The van der Waals surface area contributed by atoms with Gasteiger partial charge in [0.05, 0.1) is 5.56 Å². The van der Waals surface area contributed by atoms with Crippen LogP contribution in [0.5, 0.6) is 0 Å². The average molecular weight is 522 g/mol. The van der Waals surface area contributed by atoms with E-state index in [1.54, 1.807) is 30.1 Å². The maximum atomic E-state index is 15.7. The van der Waals surface area contributed by atoms with Crippen LogP contribution in [0.2, 0.25) is 0 Å². The van der Waals surface area contributed by atoms with Crippen molar-refractivity contribution in [1.29, 1.82) is 0 Å². The molecule has 1 heterocycles. The minimum absolute atomic E-state index is 0.0389. The number of amides is 1. The van der Waals surface area contributed by atoms with Crippen molar-refractivity contribution in [3.05, 3.63) is 77.6 Å². The van der Waals surface area contributed by atoms with Crippen LogP contribution in [0.3, 0.4) is 0 Å². The molecule has 0 spiro atoms. The van der Waals surface area contributed by atoms with E-state index < -0.39 is 23.8 Å². The number of methoxy groups -OCH3 is 1. The van der Waals surface area contributed by atoms with Crippen LogP contribution in [0.25, 0.3) is 11.4 Å². The van der Waals surface area contributed by atoms with Crippen molar-refractivity contribution in [3.8, 4) is 11.4 Å². The van der Waals surface area contributed by atoms with Gasteiger partial charge in [-0.15, -0.1) is 0 Å². The molecule has 2 atom stereocenters. The zero-order valence-electron chi connectivity index (χ0n) is 22.0. The van der Waals surface area contributed by atoms with Crippen LogP contribution in [-0.4, -0.2) is 28.6 Å². The third-order valence-electron chi connectivity index (χ3n) is 8.26. The maximum Gasteiger partial charge on any atom is 0.243 e. The second kappa shape index (κ2) is 12.2. The van der Waals surface area contributed by atoms with Crippen molar-refractivity contribution in [2.24, 2.45) is 5.92 Å². The lowest BCUT2D eigenvalue weighted by molar-refractivity contribution is -0.127. The lowest BCUT2D eigenvalue weighted by Crippen LogP contribution is -2.43. The molecule has 2 aliphatic rings. The Balaban J connectivity index is 1.59. The number of halogens is 2. The molecule has 0 saturated heterocycles. The topological polar surface area (TPSA) is 56.2 Å². The molecule has 0 aliphatic heterocycles. The summed E-state index contributed by atoms with van der Waals surface area (Å²) in [6.07, 6.45) is 13.2. The molecule has 202 valence electrons. The highest BCUT2D eigenvalue weighted by Crippen LogP contribution is 2.40. The van der Waals surface area contributed by atoms with E-state index in [1.165, 1.54) is 6.42 Å². The molecule has 1 aromatic heterocycles. The number of nitrogens with one attached hydrogen (secondary N) is 1. The minimum atomic E-state index is -0.983. The summed E-state index contributed by atoms with van der Waals surface area (Å²) in [7, 11) is 1.55. The van der Waals surface area contributed by atoms with Crippen LogP contribution in [0.15, 0.2) is 54.9 Å². The summed E-state index contributed by atoms with van der Waals surface area (Å²) in [5, 5.41) is 3.30. The van der Waals surface area contributed by atoms with Gasteiger partial charge in [-0.05, 0) is 48.8 Å². The van der Waals surface area contributed by atoms with Crippen molar-refractivity contribution in [3.63, 3.8) is 0 Å². The molecule has 2 aliphatic carbocycles. The number of imidazole rings is 1. The molecule has 1 amide bonds. The van der Waals surface area contributed by atoms with Gasteiger partial charge < -0.3 is 14.6 Å². The zero-order chi connectivity index (χ0) is 26.5. The summed E-state index contributed by atoms with van der Waals surface area (Å²) in [6, 6.07) is 11.8. The summed E-state index contributed by atoms with van der Waals surface area (Å²) in [6.45, 7) is 0. The number of nitrogens with zero attached hydrogens (tertiary/aromatic N) is 2. The Hall–Kier alpha value is -3.06. The SMILES string of the molecule is COC(c1ccccc1)c1ccc(F)c(F)c1-c1nccn1[C@@H](C(=O)NC1CCCCC1)C1CCCCC1. The van der Waals surface area contributed by atoms with Crippen LogP contribution in [-0.2, 0) is 9.53 Å². The first-order valence-electron chi connectivity index (χ1n) is 14.0. The molecule has 0 radical (unpaired) electrons. The number of ether oxygens (including phenoxy) is 1. The Bertz CT molecular complexity index is 1220.